The third kappa shape index (κ3) is 3.86. The second-order valence-electron chi connectivity index (χ2n) is 7.40. The molecular formula is C21H28N2O4. The first-order valence-corrected chi connectivity index (χ1v) is 9.51. The molecule has 0 radical (unpaired) electrons. The fourth-order valence-corrected chi connectivity index (χ4v) is 3.97. The summed E-state index contributed by atoms with van der Waals surface area (Å²) in [5.74, 6) is 0.808. The Morgan fingerprint density at radius 2 is 2.15 bits per heavy atom. The summed E-state index contributed by atoms with van der Waals surface area (Å²) >= 11 is 0. The number of ether oxygens (including phenoxy) is 2. The van der Waals surface area contributed by atoms with Gasteiger partial charge in [-0.3, -0.25) is 14.5 Å². The predicted molar refractivity (Wildman–Crippen MR) is 102 cm³/mol. The van der Waals surface area contributed by atoms with Gasteiger partial charge in [-0.1, -0.05) is 19.1 Å². The largest absolute Gasteiger partial charge is 0.497 e. The average molecular weight is 372 g/mol. The van der Waals surface area contributed by atoms with Crippen molar-refractivity contribution in [2.45, 2.75) is 44.4 Å². The SMILES string of the molecule is C=CCNC(=O)C1COC2(CCC(C)CC2)N1C(=O)c1cccc(OC)c1. The highest BCUT2D eigenvalue weighted by Gasteiger charge is 2.53. The Hall–Kier alpha value is -2.34. The van der Waals surface area contributed by atoms with Gasteiger partial charge in [0.05, 0.1) is 13.7 Å². The van der Waals surface area contributed by atoms with Crippen molar-refractivity contribution in [2.24, 2.45) is 5.92 Å². The summed E-state index contributed by atoms with van der Waals surface area (Å²) in [6.07, 6.45) is 5.07. The Bertz CT molecular complexity index is 710. The van der Waals surface area contributed by atoms with E-state index in [9.17, 15) is 9.59 Å². The molecule has 146 valence electrons. The zero-order valence-corrected chi connectivity index (χ0v) is 16.1. The maximum atomic E-state index is 13.4. The quantitative estimate of drug-likeness (QED) is 0.807. The van der Waals surface area contributed by atoms with Crippen LogP contribution in [0.15, 0.2) is 36.9 Å². The van der Waals surface area contributed by atoms with Crippen molar-refractivity contribution in [1.82, 2.24) is 10.2 Å². The first-order valence-electron chi connectivity index (χ1n) is 9.51. The van der Waals surface area contributed by atoms with Gasteiger partial charge in [0.2, 0.25) is 5.91 Å². The van der Waals surface area contributed by atoms with Crippen molar-refractivity contribution in [3.8, 4) is 5.75 Å². The summed E-state index contributed by atoms with van der Waals surface area (Å²) in [6, 6.07) is 6.39. The van der Waals surface area contributed by atoms with Gasteiger partial charge < -0.3 is 14.8 Å². The van der Waals surface area contributed by atoms with Gasteiger partial charge in [-0.05, 0) is 49.8 Å². The van der Waals surface area contributed by atoms with Crippen molar-refractivity contribution in [3.63, 3.8) is 0 Å². The average Bonchev–Trinajstić information content (AvgIpc) is 3.07. The fourth-order valence-electron chi connectivity index (χ4n) is 3.97. The lowest BCUT2D eigenvalue weighted by molar-refractivity contribution is -0.127. The van der Waals surface area contributed by atoms with Crippen molar-refractivity contribution in [1.29, 1.82) is 0 Å². The van der Waals surface area contributed by atoms with Crippen LogP contribution in [0, 0.1) is 5.92 Å². The van der Waals surface area contributed by atoms with E-state index >= 15 is 0 Å². The molecule has 1 N–H and O–H groups in total. The highest BCUT2D eigenvalue weighted by atomic mass is 16.5. The number of carbonyl (C=O) groups excluding carboxylic acids is 2. The van der Waals surface area contributed by atoms with Gasteiger partial charge in [-0.2, -0.15) is 0 Å². The summed E-state index contributed by atoms with van der Waals surface area (Å²) in [7, 11) is 1.57. The number of carbonyl (C=O) groups is 2. The molecule has 1 saturated carbocycles. The van der Waals surface area contributed by atoms with Crippen LogP contribution in [0.2, 0.25) is 0 Å². The van der Waals surface area contributed by atoms with Gasteiger partial charge in [0.15, 0.2) is 0 Å². The topological polar surface area (TPSA) is 67.9 Å². The van der Waals surface area contributed by atoms with Crippen LogP contribution in [0.1, 0.15) is 43.0 Å². The van der Waals surface area contributed by atoms with Crippen LogP contribution in [-0.4, -0.2) is 48.7 Å². The molecule has 27 heavy (non-hydrogen) atoms. The molecule has 0 bridgehead atoms. The number of hydrogen-bond acceptors (Lipinski definition) is 4. The van der Waals surface area contributed by atoms with E-state index in [2.05, 4.69) is 18.8 Å². The molecule has 1 aliphatic heterocycles. The zero-order valence-electron chi connectivity index (χ0n) is 16.1. The molecule has 1 aromatic carbocycles. The van der Waals surface area contributed by atoms with Crippen LogP contribution >= 0.6 is 0 Å². The Kier molecular flexibility index (Phi) is 5.85. The molecule has 0 aromatic heterocycles. The first kappa shape index (κ1) is 19.4. The number of benzene rings is 1. The van der Waals surface area contributed by atoms with E-state index in [0.717, 1.165) is 25.7 Å². The van der Waals surface area contributed by atoms with E-state index in [0.29, 0.717) is 23.8 Å². The van der Waals surface area contributed by atoms with Crippen molar-refractivity contribution in [3.05, 3.63) is 42.5 Å². The molecule has 1 aliphatic carbocycles. The molecule has 1 saturated heterocycles. The van der Waals surface area contributed by atoms with Crippen LogP contribution in [0.3, 0.4) is 0 Å². The lowest BCUT2D eigenvalue weighted by atomic mass is 9.83. The fraction of sp³-hybridized carbons (Fsp3) is 0.524. The van der Waals surface area contributed by atoms with Gasteiger partial charge in [-0.15, -0.1) is 6.58 Å². The predicted octanol–water partition coefficient (Wildman–Crippen LogP) is 2.74. The third-order valence-electron chi connectivity index (χ3n) is 5.57. The molecule has 1 aromatic rings. The van der Waals surface area contributed by atoms with Gasteiger partial charge in [0, 0.05) is 12.1 Å². The van der Waals surface area contributed by atoms with Crippen molar-refractivity contribution >= 4 is 11.8 Å². The Morgan fingerprint density at radius 1 is 1.41 bits per heavy atom. The number of hydrogen-bond donors (Lipinski definition) is 1. The van der Waals surface area contributed by atoms with E-state index in [4.69, 9.17) is 9.47 Å². The lowest BCUT2D eigenvalue weighted by Crippen LogP contribution is -2.56. The molecular weight excluding hydrogens is 344 g/mol. The number of rotatable bonds is 5. The summed E-state index contributed by atoms with van der Waals surface area (Å²) in [6.45, 7) is 6.42. The smallest absolute Gasteiger partial charge is 0.257 e. The maximum Gasteiger partial charge on any atom is 0.257 e. The van der Waals surface area contributed by atoms with Crippen molar-refractivity contribution in [2.75, 3.05) is 20.3 Å². The highest BCUT2D eigenvalue weighted by Crippen LogP contribution is 2.43. The second-order valence-corrected chi connectivity index (χ2v) is 7.40. The maximum absolute atomic E-state index is 13.4. The molecule has 2 aliphatic rings. The lowest BCUT2D eigenvalue weighted by Gasteiger charge is -2.43. The van der Waals surface area contributed by atoms with Gasteiger partial charge in [-0.25, -0.2) is 0 Å². The number of nitrogens with zero attached hydrogens (tertiary/aromatic N) is 1. The standard InChI is InChI=1S/C21H28N2O4/c1-4-12-22-19(24)18-14-27-21(10-8-15(2)9-11-21)23(18)20(25)16-6-5-7-17(13-16)26-3/h4-7,13,15,18H,1,8-12,14H2,2-3H3,(H,22,24). The highest BCUT2D eigenvalue weighted by molar-refractivity contribution is 5.98. The van der Waals surface area contributed by atoms with E-state index in [1.54, 1.807) is 42.4 Å². The Labute approximate surface area is 160 Å². The van der Waals surface area contributed by atoms with Gasteiger partial charge >= 0.3 is 0 Å². The monoisotopic (exact) mass is 372 g/mol. The molecule has 1 spiro atoms. The number of nitrogens with one attached hydrogen (secondary N) is 1. The van der Waals surface area contributed by atoms with E-state index in [1.807, 2.05) is 0 Å². The summed E-state index contributed by atoms with van der Waals surface area (Å²) in [5.41, 5.74) is -0.206. The Balaban J connectivity index is 1.93. The first-order chi connectivity index (χ1) is 13.0. The molecule has 1 heterocycles. The van der Waals surface area contributed by atoms with Crippen LogP contribution < -0.4 is 10.1 Å². The van der Waals surface area contributed by atoms with Gasteiger partial charge in [0.1, 0.15) is 17.5 Å². The summed E-state index contributed by atoms with van der Waals surface area (Å²) in [4.78, 5) is 27.8. The molecule has 1 atom stereocenters. The van der Waals surface area contributed by atoms with Crippen LogP contribution in [0.4, 0.5) is 0 Å². The normalized spacial score (nSPS) is 27.4. The molecule has 6 nitrogen and oxygen atoms in total. The number of methoxy groups -OCH3 is 1. The van der Waals surface area contributed by atoms with E-state index in [-0.39, 0.29) is 18.4 Å². The molecule has 2 amide bonds. The second kappa shape index (κ2) is 8.13. The van der Waals surface area contributed by atoms with Gasteiger partial charge in [0.25, 0.3) is 5.91 Å². The minimum absolute atomic E-state index is 0.195. The summed E-state index contributed by atoms with van der Waals surface area (Å²) < 4.78 is 11.4. The minimum atomic E-state index is -0.706. The molecule has 6 heteroatoms. The van der Waals surface area contributed by atoms with E-state index in [1.165, 1.54) is 0 Å². The zero-order chi connectivity index (χ0) is 19.4. The minimum Gasteiger partial charge on any atom is -0.497 e. The van der Waals surface area contributed by atoms with Crippen LogP contribution in [0.25, 0.3) is 0 Å². The van der Waals surface area contributed by atoms with Crippen LogP contribution in [-0.2, 0) is 9.53 Å². The Morgan fingerprint density at radius 3 is 2.81 bits per heavy atom. The van der Waals surface area contributed by atoms with E-state index < -0.39 is 11.8 Å². The molecule has 1 unspecified atom stereocenters. The van der Waals surface area contributed by atoms with Crippen molar-refractivity contribution < 1.29 is 19.1 Å². The summed E-state index contributed by atoms with van der Waals surface area (Å²) in [5, 5.41) is 2.81. The number of amides is 2. The van der Waals surface area contributed by atoms with Crippen LogP contribution in [0.5, 0.6) is 5.75 Å². The third-order valence-corrected chi connectivity index (χ3v) is 5.57. The molecule has 2 fully saturated rings. The molecule has 3 rings (SSSR count).